The summed E-state index contributed by atoms with van der Waals surface area (Å²) in [6.07, 6.45) is -0.587. The van der Waals surface area contributed by atoms with Crippen LogP contribution in [0.4, 0.5) is 4.39 Å². The Balaban J connectivity index is 2.24. The molecule has 0 bridgehead atoms. The van der Waals surface area contributed by atoms with E-state index in [4.69, 9.17) is 4.74 Å². The van der Waals surface area contributed by atoms with Gasteiger partial charge < -0.3 is 15.2 Å². The summed E-state index contributed by atoms with van der Waals surface area (Å²) in [4.78, 5) is 0. The Morgan fingerprint density at radius 2 is 2.00 bits per heavy atom. The topological polar surface area (TPSA) is 41.5 Å². The third-order valence-corrected chi connectivity index (χ3v) is 2.36. The second-order valence-electron chi connectivity index (χ2n) is 5.30. The van der Waals surface area contributed by atoms with E-state index in [2.05, 4.69) is 5.32 Å². The normalized spacial score (nSPS) is 13.6. The molecule has 1 aromatic rings. The van der Waals surface area contributed by atoms with Crippen LogP contribution >= 0.6 is 0 Å². The Bertz CT molecular complexity index is 363. The summed E-state index contributed by atoms with van der Waals surface area (Å²) in [6, 6.07) is 6.60. The van der Waals surface area contributed by atoms with Crippen LogP contribution in [0.15, 0.2) is 24.3 Å². The summed E-state index contributed by atoms with van der Waals surface area (Å²) in [6.45, 7) is 6.86. The zero-order valence-electron chi connectivity index (χ0n) is 11.2. The predicted molar refractivity (Wildman–Crippen MR) is 69.8 cm³/mol. The number of nitrogens with one attached hydrogen (secondary N) is 1. The van der Waals surface area contributed by atoms with E-state index in [1.165, 1.54) is 6.07 Å². The van der Waals surface area contributed by atoms with Gasteiger partial charge in [-0.15, -0.1) is 0 Å². The predicted octanol–water partition coefficient (Wildman–Crippen LogP) is 2.09. The molecule has 102 valence electrons. The van der Waals surface area contributed by atoms with Crippen LogP contribution in [0.2, 0.25) is 0 Å². The molecule has 1 unspecified atom stereocenters. The van der Waals surface area contributed by atoms with Crippen molar-refractivity contribution in [2.24, 2.45) is 0 Å². The van der Waals surface area contributed by atoms with E-state index >= 15 is 0 Å². The lowest BCUT2D eigenvalue weighted by atomic mass is 10.2. The smallest absolute Gasteiger partial charge is 0.127 e. The molecular formula is C14H22FNO2. The van der Waals surface area contributed by atoms with Crippen molar-refractivity contribution < 1.29 is 14.2 Å². The van der Waals surface area contributed by atoms with Crippen LogP contribution in [-0.4, -0.2) is 30.0 Å². The van der Waals surface area contributed by atoms with E-state index in [0.717, 1.165) is 0 Å². The van der Waals surface area contributed by atoms with Gasteiger partial charge in [0.05, 0.1) is 18.3 Å². The van der Waals surface area contributed by atoms with Crippen LogP contribution in [0.3, 0.4) is 0 Å². The Morgan fingerprint density at radius 3 is 2.61 bits per heavy atom. The molecule has 0 saturated heterocycles. The summed E-state index contributed by atoms with van der Waals surface area (Å²) in [5.41, 5.74) is 0.341. The minimum Gasteiger partial charge on any atom is -0.389 e. The van der Waals surface area contributed by atoms with Crippen molar-refractivity contribution in [3.8, 4) is 0 Å². The molecule has 1 aromatic carbocycles. The fourth-order valence-corrected chi connectivity index (χ4v) is 1.42. The number of benzene rings is 1. The van der Waals surface area contributed by atoms with Crippen molar-refractivity contribution in [2.45, 2.75) is 39.0 Å². The van der Waals surface area contributed by atoms with Gasteiger partial charge in [-0.05, 0) is 26.8 Å². The monoisotopic (exact) mass is 255 g/mol. The van der Waals surface area contributed by atoms with E-state index in [0.29, 0.717) is 18.7 Å². The van der Waals surface area contributed by atoms with E-state index < -0.39 is 6.10 Å². The number of aliphatic hydroxyl groups excluding tert-OH is 1. The molecule has 0 aliphatic rings. The summed E-state index contributed by atoms with van der Waals surface area (Å²) < 4.78 is 18.7. The molecule has 18 heavy (non-hydrogen) atoms. The SMILES string of the molecule is CC(C)(C)OCC(O)CNCc1ccccc1F. The van der Waals surface area contributed by atoms with E-state index in [1.807, 2.05) is 20.8 Å². The quantitative estimate of drug-likeness (QED) is 0.818. The first-order valence-electron chi connectivity index (χ1n) is 6.14. The molecule has 0 saturated carbocycles. The number of hydrogen-bond acceptors (Lipinski definition) is 3. The first-order valence-corrected chi connectivity index (χ1v) is 6.14. The van der Waals surface area contributed by atoms with Gasteiger partial charge >= 0.3 is 0 Å². The van der Waals surface area contributed by atoms with Crippen molar-refractivity contribution >= 4 is 0 Å². The minimum absolute atomic E-state index is 0.231. The van der Waals surface area contributed by atoms with Crippen molar-refractivity contribution in [3.05, 3.63) is 35.6 Å². The van der Waals surface area contributed by atoms with E-state index in [9.17, 15) is 9.50 Å². The summed E-state index contributed by atoms with van der Waals surface area (Å²) in [5.74, 6) is -0.231. The van der Waals surface area contributed by atoms with Crippen LogP contribution < -0.4 is 5.32 Å². The largest absolute Gasteiger partial charge is 0.389 e. The zero-order chi connectivity index (χ0) is 13.6. The fourth-order valence-electron chi connectivity index (χ4n) is 1.42. The molecule has 4 heteroatoms. The maximum absolute atomic E-state index is 13.3. The molecule has 0 aliphatic heterocycles. The first-order chi connectivity index (χ1) is 8.38. The van der Waals surface area contributed by atoms with Gasteiger partial charge in [-0.1, -0.05) is 18.2 Å². The van der Waals surface area contributed by atoms with E-state index in [1.54, 1.807) is 18.2 Å². The van der Waals surface area contributed by atoms with Crippen LogP contribution in [0.1, 0.15) is 26.3 Å². The highest BCUT2D eigenvalue weighted by Crippen LogP contribution is 2.07. The van der Waals surface area contributed by atoms with Gasteiger partial charge in [0.15, 0.2) is 0 Å². The molecule has 2 N–H and O–H groups in total. The highest BCUT2D eigenvalue weighted by atomic mass is 19.1. The molecule has 0 aromatic heterocycles. The third-order valence-electron chi connectivity index (χ3n) is 2.36. The number of aliphatic hydroxyl groups is 1. The first kappa shape index (κ1) is 15.1. The van der Waals surface area contributed by atoms with Gasteiger partial charge in [0.1, 0.15) is 5.82 Å². The van der Waals surface area contributed by atoms with Crippen LogP contribution in [-0.2, 0) is 11.3 Å². The van der Waals surface area contributed by atoms with Crippen LogP contribution in [0.5, 0.6) is 0 Å². The van der Waals surface area contributed by atoms with Crippen LogP contribution in [0.25, 0.3) is 0 Å². The molecule has 0 amide bonds. The molecule has 1 rings (SSSR count). The molecule has 1 atom stereocenters. The maximum atomic E-state index is 13.3. The fraction of sp³-hybridized carbons (Fsp3) is 0.571. The van der Waals surface area contributed by atoms with Crippen molar-refractivity contribution in [1.29, 1.82) is 0 Å². The standard InChI is InChI=1S/C14H22FNO2/c1-14(2,3)18-10-12(17)9-16-8-11-6-4-5-7-13(11)15/h4-7,12,16-17H,8-10H2,1-3H3. The number of ether oxygens (including phenoxy) is 1. The lowest BCUT2D eigenvalue weighted by Crippen LogP contribution is -2.33. The number of rotatable bonds is 6. The number of halogens is 1. The summed E-state index contributed by atoms with van der Waals surface area (Å²) in [5, 5.41) is 12.7. The van der Waals surface area contributed by atoms with Crippen molar-refractivity contribution in [1.82, 2.24) is 5.32 Å². The van der Waals surface area contributed by atoms with Crippen molar-refractivity contribution in [2.75, 3.05) is 13.2 Å². The molecule has 3 nitrogen and oxygen atoms in total. The Labute approximate surface area is 108 Å². The van der Waals surface area contributed by atoms with Gasteiger partial charge in [0.25, 0.3) is 0 Å². The zero-order valence-corrected chi connectivity index (χ0v) is 11.2. The molecule has 0 fully saturated rings. The highest BCUT2D eigenvalue weighted by Gasteiger charge is 2.13. The average molecular weight is 255 g/mol. The molecule has 0 spiro atoms. The van der Waals surface area contributed by atoms with Gasteiger partial charge in [0, 0.05) is 18.7 Å². The van der Waals surface area contributed by atoms with Gasteiger partial charge in [-0.3, -0.25) is 0 Å². The van der Waals surface area contributed by atoms with E-state index in [-0.39, 0.29) is 18.0 Å². The Morgan fingerprint density at radius 1 is 1.33 bits per heavy atom. The lowest BCUT2D eigenvalue weighted by Gasteiger charge is -2.22. The summed E-state index contributed by atoms with van der Waals surface area (Å²) >= 11 is 0. The molecular weight excluding hydrogens is 233 g/mol. The van der Waals surface area contributed by atoms with Gasteiger partial charge in [0.2, 0.25) is 0 Å². The number of hydrogen-bond donors (Lipinski definition) is 2. The molecule has 0 heterocycles. The maximum Gasteiger partial charge on any atom is 0.127 e. The lowest BCUT2D eigenvalue weighted by molar-refractivity contribution is -0.0479. The van der Waals surface area contributed by atoms with Crippen LogP contribution in [0, 0.1) is 5.82 Å². The summed E-state index contributed by atoms with van der Waals surface area (Å²) in [7, 11) is 0. The second-order valence-corrected chi connectivity index (χ2v) is 5.30. The second kappa shape index (κ2) is 6.83. The Hall–Kier alpha value is -0.970. The highest BCUT2D eigenvalue weighted by molar-refractivity contribution is 5.16. The van der Waals surface area contributed by atoms with Crippen molar-refractivity contribution in [3.63, 3.8) is 0 Å². The van der Waals surface area contributed by atoms with Gasteiger partial charge in [-0.25, -0.2) is 4.39 Å². The minimum atomic E-state index is -0.587. The average Bonchev–Trinajstić information content (AvgIpc) is 2.28. The van der Waals surface area contributed by atoms with Gasteiger partial charge in [-0.2, -0.15) is 0 Å². The molecule has 0 radical (unpaired) electrons. The third kappa shape index (κ3) is 6.10. The molecule has 0 aliphatic carbocycles. The Kier molecular flexibility index (Phi) is 5.72.